The van der Waals surface area contributed by atoms with Crippen molar-refractivity contribution in [1.82, 2.24) is 20.1 Å². The Morgan fingerprint density at radius 2 is 1.90 bits per heavy atom. The maximum atomic E-state index is 4.50. The molecule has 1 aliphatic carbocycles. The van der Waals surface area contributed by atoms with Gasteiger partial charge in [0.15, 0.2) is 0 Å². The number of aromatic nitrogens is 3. The van der Waals surface area contributed by atoms with Crippen LogP contribution in [-0.4, -0.2) is 39.7 Å². The van der Waals surface area contributed by atoms with Gasteiger partial charge in [-0.3, -0.25) is 4.98 Å². The lowest BCUT2D eigenvalue weighted by Crippen LogP contribution is -2.37. The Morgan fingerprint density at radius 1 is 1.10 bits per heavy atom. The van der Waals surface area contributed by atoms with E-state index in [0.717, 1.165) is 29.3 Å². The van der Waals surface area contributed by atoms with Gasteiger partial charge in [-0.2, -0.15) is 10.2 Å². The van der Waals surface area contributed by atoms with Gasteiger partial charge in [0.2, 0.25) is 0 Å². The zero-order valence-electron chi connectivity index (χ0n) is 18.6. The summed E-state index contributed by atoms with van der Waals surface area (Å²) in [6.45, 7) is 13.0. The van der Waals surface area contributed by atoms with Crippen molar-refractivity contribution in [3.05, 3.63) is 41.9 Å². The van der Waals surface area contributed by atoms with Gasteiger partial charge in [0.05, 0.1) is 11.4 Å². The van der Waals surface area contributed by atoms with Crippen molar-refractivity contribution in [1.29, 1.82) is 0 Å². The van der Waals surface area contributed by atoms with Crippen LogP contribution in [0.5, 0.6) is 0 Å². The highest BCUT2D eigenvalue weighted by Crippen LogP contribution is 2.61. The molecule has 1 saturated heterocycles. The highest BCUT2D eigenvalue weighted by Gasteiger charge is 2.53. The van der Waals surface area contributed by atoms with Gasteiger partial charge in [0.25, 0.3) is 0 Å². The molecule has 0 aromatic carbocycles. The first-order chi connectivity index (χ1) is 13.8. The molecule has 3 heterocycles. The first-order valence-electron chi connectivity index (χ1n) is 11.3. The topological polar surface area (TPSA) is 41.9 Å². The van der Waals surface area contributed by atoms with Gasteiger partial charge >= 0.3 is 0 Å². The van der Waals surface area contributed by atoms with Crippen molar-refractivity contribution in [3.8, 4) is 11.3 Å². The van der Waals surface area contributed by atoms with Crippen molar-refractivity contribution in [3.63, 3.8) is 0 Å². The standard InChI is InChI=1S/C25H36N4/c1-19-9-13-26-18-22(19)23-8-7-21(27-28-23)6-5-20-17-25(20)11-15-29(16-12-25)14-10-24(2,3)4/h7-9,13,18,20H,5-6,10-12,14-17H2,1-4H3. The summed E-state index contributed by atoms with van der Waals surface area (Å²) in [5.41, 5.74) is 5.41. The molecule has 4 nitrogen and oxygen atoms in total. The van der Waals surface area contributed by atoms with Crippen LogP contribution in [0.25, 0.3) is 11.3 Å². The van der Waals surface area contributed by atoms with Crippen LogP contribution >= 0.6 is 0 Å². The minimum Gasteiger partial charge on any atom is -0.303 e. The quantitative estimate of drug-likeness (QED) is 0.667. The van der Waals surface area contributed by atoms with Crippen molar-refractivity contribution in [2.75, 3.05) is 19.6 Å². The predicted octanol–water partition coefficient (Wildman–Crippen LogP) is 5.32. The zero-order chi connectivity index (χ0) is 20.5. The van der Waals surface area contributed by atoms with E-state index in [1.807, 2.05) is 18.5 Å². The molecule has 156 valence electrons. The molecule has 2 aromatic rings. The molecule has 0 radical (unpaired) electrons. The van der Waals surface area contributed by atoms with Crippen LogP contribution in [0.4, 0.5) is 0 Å². The van der Waals surface area contributed by atoms with Gasteiger partial charge in [-0.15, -0.1) is 0 Å². The molecule has 1 spiro atoms. The second kappa shape index (κ2) is 8.14. The monoisotopic (exact) mass is 392 g/mol. The molecule has 1 unspecified atom stereocenters. The molecule has 2 aliphatic rings. The van der Waals surface area contributed by atoms with E-state index in [9.17, 15) is 0 Å². The fourth-order valence-corrected chi connectivity index (χ4v) is 4.86. The zero-order valence-corrected chi connectivity index (χ0v) is 18.6. The third-order valence-electron chi connectivity index (χ3n) is 7.17. The average Bonchev–Trinajstić information content (AvgIpc) is 3.38. The Hall–Kier alpha value is -1.81. The maximum Gasteiger partial charge on any atom is 0.0948 e. The largest absolute Gasteiger partial charge is 0.303 e. The Morgan fingerprint density at radius 3 is 2.55 bits per heavy atom. The predicted molar refractivity (Wildman–Crippen MR) is 119 cm³/mol. The van der Waals surface area contributed by atoms with Crippen LogP contribution in [-0.2, 0) is 6.42 Å². The van der Waals surface area contributed by atoms with Gasteiger partial charge < -0.3 is 4.90 Å². The van der Waals surface area contributed by atoms with Crippen molar-refractivity contribution in [2.45, 2.75) is 66.2 Å². The van der Waals surface area contributed by atoms with Crippen molar-refractivity contribution in [2.24, 2.45) is 16.7 Å². The Bertz CT molecular complexity index is 813. The van der Waals surface area contributed by atoms with Crippen LogP contribution in [0, 0.1) is 23.7 Å². The first kappa shape index (κ1) is 20.5. The molecule has 2 fully saturated rings. The molecule has 1 saturated carbocycles. The second-order valence-electron chi connectivity index (χ2n) is 10.6. The molecular weight excluding hydrogens is 356 g/mol. The summed E-state index contributed by atoms with van der Waals surface area (Å²) in [5.74, 6) is 0.898. The lowest BCUT2D eigenvalue weighted by Gasteiger charge is -2.34. The summed E-state index contributed by atoms with van der Waals surface area (Å²) < 4.78 is 0. The lowest BCUT2D eigenvalue weighted by atomic mass is 9.88. The van der Waals surface area contributed by atoms with Gasteiger partial charge in [0, 0.05) is 18.0 Å². The Balaban J connectivity index is 1.24. The molecule has 4 heteroatoms. The molecule has 1 aliphatic heterocycles. The van der Waals surface area contributed by atoms with Gasteiger partial charge in [0.1, 0.15) is 0 Å². The fourth-order valence-electron chi connectivity index (χ4n) is 4.86. The van der Waals surface area contributed by atoms with E-state index in [0.29, 0.717) is 10.8 Å². The van der Waals surface area contributed by atoms with Gasteiger partial charge in [-0.1, -0.05) is 20.8 Å². The number of hydrogen-bond donors (Lipinski definition) is 0. The number of rotatable bonds is 6. The second-order valence-corrected chi connectivity index (χ2v) is 10.6. The summed E-state index contributed by atoms with van der Waals surface area (Å²) in [4.78, 5) is 6.91. The summed E-state index contributed by atoms with van der Waals surface area (Å²) in [5, 5.41) is 8.97. The lowest BCUT2D eigenvalue weighted by molar-refractivity contribution is 0.145. The van der Waals surface area contributed by atoms with E-state index < -0.39 is 0 Å². The Kier molecular flexibility index (Phi) is 5.74. The number of piperidine rings is 1. The number of nitrogens with zero attached hydrogens (tertiary/aromatic N) is 4. The minimum absolute atomic E-state index is 0.448. The number of pyridine rings is 1. The van der Waals surface area contributed by atoms with Crippen LogP contribution in [0.15, 0.2) is 30.6 Å². The average molecular weight is 393 g/mol. The maximum absolute atomic E-state index is 4.50. The molecule has 29 heavy (non-hydrogen) atoms. The molecule has 0 N–H and O–H groups in total. The number of likely N-dealkylation sites (tertiary alicyclic amines) is 1. The smallest absolute Gasteiger partial charge is 0.0948 e. The van der Waals surface area contributed by atoms with Crippen LogP contribution in [0.2, 0.25) is 0 Å². The van der Waals surface area contributed by atoms with Crippen LogP contribution in [0.1, 0.15) is 64.1 Å². The Labute approximate surface area is 176 Å². The van der Waals surface area contributed by atoms with E-state index >= 15 is 0 Å². The van der Waals surface area contributed by atoms with Gasteiger partial charge in [-0.05, 0) is 106 Å². The van der Waals surface area contributed by atoms with Crippen molar-refractivity contribution < 1.29 is 0 Å². The highest BCUT2D eigenvalue weighted by molar-refractivity contribution is 5.61. The number of aryl methyl sites for hydroxylation is 2. The first-order valence-corrected chi connectivity index (χ1v) is 11.3. The third-order valence-corrected chi connectivity index (χ3v) is 7.17. The van der Waals surface area contributed by atoms with Crippen LogP contribution < -0.4 is 0 Å². The molecular formula is C25H36N4. The molecule has 0 amide bonds. The summed E-state index contributed by atoms with van der Waals surface area (Å²) in [6, 6.07) is 6.27. The number of hydrogen-bond acceptors (Lipinski definition) is 4. The SMILES string of the molecule is Cc1ccncc1-c1ccc(CCC2CC23CCN(CCC(C)(C)C)CC3)nn1. The summed E-state index contributed by atoms with van der Waals surface area (Å²) in [6.07, 6.45) is 11.5. The van der Waals surface area contributed by atoms with E-state index in [1.54, 1.807) is 0 Å². The fraction of sp³-hybridized carbons (Fsp3) is 0.640. The van der Waals surface area contributed by atoms with Crippen molar-refractivity contribution >= 4 is 0 Å². The van der Waals surface area contributed by atoms with E-state index in [4.69, 9.17) is 0 Å². The van der Waals surface area contributed by atoms with E-state index in [1.165, 1.54) is 57.3 Å². The van der Waals surface area contributed by atoms with Crippen LogP contribution in [0.3, 0.4) is 0 Å². The molecule has 4 rings (SSSR count). The normalized spacial score (nSPS) is 21.4. The molecule has 0 bridgehead atoms. The molecule has 1 atom stereocenters. The minimum atomic E-state index is 0.448. The highest BCUT2D eigenvalue weighted by atomic mass is 15.1. The summed E-state index contributed by atoms with van der Waals surface area (Å²) >= 11 is 0. The summed E-state index contributed by atoms with van der Waals surface area (Å²) in [7, 11) is 0. The molecule has 2 aromatic heterocycles. The van der Waals surface area contributed by atoms with E-state index in [2.05, 4.69) is 59.9 Å². The third kappa shape index (κ3) is 5.03. The van der Waals surface area contributed by atoms with E-state index in [-0.39, 0.29) is 0 Å². The van der Waals surface area contributed by atoms with Gasteiger partial charge in [-0.25, -0.2) is 0 Å².